The van der Waals surface area contributed by atoms with Gasteiger partial charge < -0.3 is 10.2 Å². The van der Waals surface area contributed by atoms with Crippen LogP contribution < -0.4 is 5.32 Å². The second-order valence-corrected chi connectivity index (χ2v) is 5.35. The summed E-state index contributed by atoms with van der Waals surface area (Å²) in [6.45, 7) is 12.7. The molecule has 0 bridgehead atoms. The van der Waals surface area contributed by atoms with Gasteiger partial charge in [-0.3, -0.25) is 4.79 Å². The highest BCUT2D eigenvalue weighted by molar-refractivity contribution is 5.83. The smallest absolute Gasteiger partial charge is 0.229 e. The maximum Gasteiger partial charge on any atom is 0.229 e. The molecule has 3 heteroatoms. The molecule has 0 unspecified atom stereocenters. The van der Waals surface area contributed by atoms with Gasteiger partial charge in [0.1, 0.15) is 0 Å². The van der Waals surface area contributed by atoms with E-state index in [0.29, 0.717) is 0 Å². The minimum atomic E-state index is -0.274. The molecule has 3 nitrogen and oxygen atoms in total. The van der Waals surface area contributed by atoms with Crippen molar-refractivity contribution < 1.29 is 4.79 Å². The van der Waals surface area contributed by atoms with Crippen molar-refractivity contribution in [1.29, 1.82) is 0 Å². The lowest BCUT2D eigenvalue weighted by Crippen LogP contribution is -2.52. The van der Waals surface area contributed by atoms with E-state index in [4.69, 9.17) is 0 Å². The lowest BCUT2D eigenvalue weighted by Gasteiger charge is -2.38. The number of hydrogen-bond donors (Lipinski definition) is 1. The highest BCUT2D eigenvalue weighted by Gasteiger charge is 2.40. The first-order valence-electron chi connectivity index (χ1n) is 5.34. The van der Waals surface area contributed by atoms with Crippen molar-refractivity contribution in [2.75, 3.05) is 19.6 Å². The number of carbonyl (C=O) groups is 1. The number of carbonyl (C=O) groups excluding carboxylic acids is 1. The van der Waals surface area contributed by atoms with Crippen LogP contribution >= 0.6 is 0 Å². The summed E-state index contributed by atoms with van der Waals surface area (Å²) in [6, 6.07) is 0. The fourth-order valence-electron chi connectivity index (χ4n) is 2.06. The Kier molecular flexibility index (Phi) is 2.91. The van der Waals surface area contributed by atoms with E-state index in [-0.39, 0.29) is 16.9 Å². The molecule has 1 fully saturated rings. The molecule has 0 atom stereocenters. The van der Waals surface area contributed by atoms with Gasteiger partial charge in [-0.1, -0.05) is 0 Å². The standard InChI is InChI=1S/C11H22N2O/c1-6-13-9(14)10(2,3)7-12-8-11(13,4)5/h12H,6-8H2,1-5H3. The van der Waals surface area contributed by atoms with Crippen LogP contribution in [0.1, 0.15) is 34.6 Å². The summed E-state index contributed by atoms with van der Waals surface area (Å²) < 4.78 is 0. The minimum absolute atomic E-state index is 0.0698. The van der Waals surface area contributed by atoms with Crippen LogP contribution in [0, 0.1) is 5.41 Å². The first kappa shape index (κ1) is 11.5. The van der Waals surface area contributed by atoms with Gasteiger partial charge in [-0.15, -0.1) is 0 Å². The second-order valence-electron chi connectivity index (χ2n) is 5.35. The number of hydrogen-bond acceptors (Lipinski definition) is 2. The molecule has 1 amide bonds. The molecular formula is C11H22N2O. The van der Waals surface area contributed by atoms with Gasteiger partial charge >= 0.3 is 0 Å². The van der Waals surface area contributed by atoms with Crippen LogP contribution in [0.25, 0.3) is 0 Å². The summed E-state index contributed by atoms with van der Waals surface area (Å²) in [7, 11) is 0. The summed E-state index contributed by atoms with van der Waals surface area (Å²) in [5, 5.41) is 3.36. The zero-order chi connectivity index (χ0) is 11.0. The van der Waals surface area contributed by atoms with E-state index in [0.717, 1.165) is 19.6 Å². The monoisotopic (exact) mass is 198 g/mol. The normalized spacial score (nSPS) is 26.1. The van der Waals surface area contributed by atoms with Gasteiger partial charge in [-0.2, -0.15) is 0 Å². The first-order valence-corrected chi connectivity index (χ1v) is 5.34. The molecule has 82 valence electrons. The Balaban J connectivity index is 2.99. The zero-order valence-corrected chi connectivity index (χ0v) is 9.98. The van der Waals surface area contributed by atoms with E-state index >= 15 is 0 Å². The summed E-state index contributed by atoms with van der Waals surface area (Å²) >= 11 is 0. The van der Waals surface area contributed by atoms with Gasteiger partial charge in [0.15, 0.2) is 0 Å². The third-order valence-electron chi connectivity index (χ3n) is 3.00. The molecule has 0 spiro atoms. The van der Waals surface area contributed by atoms with Crippen LogP contribution in [-0.4, -0.2) is 36.0 Å². The highest BCUT2D eigenvalue weighted by atomic mass is 16.2. The van der Waals surface area contributed by atoms with Crippen molar-refractivity contribution in [3.63, 3.8) is 0 Å². The second kappa shape index (κ2) is 3.54. The molecule has 14 heavy (non-hydrogen) atoms. The predicted octanol–water partition coefficient (Wildman–Crippen LogP) is 1.24. The number of nitrogens with zero attached hydrogens (tertiary/aromatic N) is 1. The van der Waals surface area contributed by atoms with Crippen LogP contribution in [0.15, 0.2) is 0 Å². The number of rotatable bonds is 1. The van der Waals surface area contributed by atoms with E-state index in [1.54, 1.807) is 0 Å². The Morgan fingerprint density at radius 3 is 2.36 bits per heavy atom. The highest BCUT2D eigenvalue weighted by Crippen LogP contribution is 2.26. The van der Waals surface area contributed by atoms with E-state index in [1.807, 2.05) is 25.7 Å². The molecule has 1 aliphatic rings. The molecular weight excluding hydrogens is 176 g/mol. The van der Waals surface area contributed by atoms with Crippen molar-refractivity contribution >= 4 is 5.91 Å². The summed E-state index contributed by atoms with van der Waals surface area (Å²) in [6.07, 6.45) is 0. The molecule has 0 aromatic rings. The number of amides is 1. The molecule has 0 aromatic heterocycles. The quantitative estimate of drug-likeness (QED) is 0.687. The average Bonchev–Trinajstić information content (AvgIpc) is 2.09. The van der Waals surface area contributed by atoms with Gasteiger partial charge in [-0.25, -0.2) is 0 Å². The van der Waals surface area contributed by atoms with Crippen molar-refractivity contribution in [2.45, 2.75) is 40.2 Å². The van der Waals surface area contributed by atoms with E-state index < -0.39 is 0 Å². The topological polar surface area (TPSA) is 32.3 Å². The maximum absolute atomic E-state index is 12.2. The van der Waals surface area contributed by atoms with E-state index in [9.17, 15) is 4.79 Å². The molecule has 1 N–H and O–H groups in total. The van der Waals surface area contributed by atoms with E-state index in [2.05, 4.69) is 19.2 Å². The van der Waals surface area contributed by atoms with Crippen LogP contribution in [0.4, 0.5) is 0 Å². The Morgan fingerprint density at radius 1 is 1.29 bits per heavy atom. The lowest BCUT2D eigenvalue weighted by molar-refractivity contribution is -0.143. The third kappa shape index (κ3) is 1.92. The molecule has 1 aliphatic heterocycles. The van der Waals surface area contributed by atoms with Crippen LogP contribution in [0.3, 0.4) is 0 Å². The predicted molar refractivity (Wildman–Crippen MR) is 58.1 cm³/mol. The Bertz CT molecular complexity index is 233. The molecule has 0 aliphatic carbocycles. The lowest BCUT2D eigenvalue weighted by atomic mass is 9.91. The van der Waals surface area contributed by atoms with Gasteiger partial charge in [0.05, 0.1) is 5.41 Å². The van der Waals surface area contributed by atoms with Crippen LogP contribution in [0.2, 0.25) is 0 Å². The Morgan fingerprint density at radius 2 is 1.86 bits per heavy atom. The molecule has 0 radical (unpaired) electrons. The van der Waals surface area contributed by atoms with Crippen LogP contribution in [-0.2, 0) is 4.79 Å². The molecule has 1 saturated heterocycles. The molecule has 0 aromatic carbocycles. The van der Waals surface area contributed by atoms with Crippen molar-refractivity contribution in [3.8, 4) is 0 Å². The van der Waals surface area contributed by atoms with Gasteiger partial charge in [0, 0.05) is 25.2 Å². The van der Waals surface area contributed by atoms with Gasteiger partial charge in [-0.05, 0) is 34.6 Å². The largest absolute Gasteiger partial charge is 0.336 e. The van der Waals surface area contributed by atoms with E-state index in [1.165, 1.54) is 0 Å². The molecule has 1 rings (SSSR count). The summed E-state index contributed by atoms with van der Waals surface area (Å²) in [5.41, 5.74) is -0.344. The van der Waals surface area contributed by atoms with Crippen molar-refractivity contribution in [2.24, 2.45) is 5.41 Å². The van der Waals surface area contributed by atoms with Crippen LogP contribution in [0.5, 0.6) is 0 Å². The fourth-order valence-corrected chi connectivity index (χ4v) is 2.06. The Labute approximate surface area is 86.9 Å². The minimum Gasteiger partial charge on any atom is -0.336 e. The Hall–Kier alpha value is -0.570. The maximum atomic E-state index is 12.2. The number of nitrogens with one attached hydrogen (secondary N) is 1. The third-order valence-corrected chi connectivity index (χ3v) is 3.00. The zero-order valence-electron chi connectivity index (χ0n) is 9.98. The SMILES string of the molecule is CCN1C(=O)C(C)(C)CNCC1(C)C. The van der Waals surface area contributed by atoms with Crippen molar-refractivity contribution in [1.82, 2.24) is 10.2 Å². The molecule has 1 heterocycles. The number of likely N-dealkylation sites (N-methyl/N-ethyl adjacent to an activating group) is 1. The summed E-state index contributed by atoms with van der Waals surface area (Å²) in [5.74, 6) is 0.259. The average molecular weight is 198 g/mol. The fraction of sp³-hybridized carbons (Fsp3) is 0.909. The van der Waals surface area contributed by atoms with Gasteiger partial charge in [0.2, 0.25) is 5.91 Å². The first-order chi connectivity index (χ1) is 6.31. The summed E-state index contributed by atoms with van der Waals surface area (Å²) in [4.78, 5) is 14.2. The van der Waals surface area contributed by atoms with Gasteiger partial charge in [0.25, 0.3) is 0 Å². The molecule has 0 saturated carbocycles. The van der Waals surface area contributed by atoms with Crippen molar-refractivity contribution in [3.05, 3.63) is 0 Å².